The van der Waals surface area contributed by atoms with Crippen LogP contribution in [0.15, 0.2) is 114 Å². The summed E-state index contributed by atoms with van der Waals surface area (Å²) in [5.74, 6) is -0.883. The first-order valence-electron chi connectivity index (χ1n) is 13.1. The van der Waals surface area contributed by atoms with Gasteiger partial charge in [0.25, 0.3) is 10.0 Å². The Balaban J connectivity index is 1.80. The van der Waals surface area contributed by atoms with Crippen LogP contribution in [-0.4, -0.2) is 44.8 Å². The summed E-state index contributed by atoms with van der Waals surface area (Å²) in [7, 11) is -2.66. The van der Waals surface area contributed by atoms with Crippen LogP contribution in [0.2, 0.25) is 5.02 Å². The zero-order valence-electron chi connectivity index (χ0n) is 22.9. The molecule has 0 fully saturated rings. The molecule has 0 aromatic heterocycles. The molecule has 0 saturated carbocycles. The first-order valence-corrected chi connectivity index (χ1v) is 15.0. The van der Waals surface area contributed by atoms with Crippen LogP contribution in [0.5, 0.6) is 0 Å². The predicted molar refractivity (Wildman–Crippen MR) is 162 cm³/mol. The molecule has 2 amide bonds. The van der Waals surface area contributed by atoms with Gasteiger partial charge in [-0.3, -0.25) is 13.9 Å². The van der Waals surface area contributed by atoms with E-state index in [0.717, 1.165) is 15.4 Å². The summed E-state index contributed by atoms with van der Waals surface area (Å²) in [6.45, 7) is 1.28. The van der Waals surface area contributed by atoms with E-state index in [1.807, 2.05) is 60.7 Å². The third kappa shape index (κ3) is 7.14. The van der Waals surface area contributed by atoms with E-state index in [-0.39, 0.29) is 29.5 Å². The molecule has 4 aromatic rings. The topological polar surface area (TPSA) is 86.8 Å². The number of carbonyl (C=O) groups is 2. The summed E-state index contributed by atoms with van der Waals surface area (Å²) in [5, 5.41) is 3.05. The van der Waals surface area contributed by atoms with Gasteiger partial charge in [-0.1, -0.05) is 96.5 Å². The normalized spacial score (nSPS) is 11.9. The van der Waals surface area contributed by atoms with Crippen LogP contribution in [0, 0.1) is 6.92 Å². The molecule has 1 N–H and O–H groups in total. The number of sulfonamides is 1. The van der Waals surface area contributed by atoms with Crippen molar-refractivity contribution < 1.29 is 18.0 Å². The number of halogens is 1. The van der Waals surface area contributed by atoms with Crippen molar-refractivity contribution in [2.24, 2.45) is 0 Å². The molecule has 0 spiro atoms. The van der Waals surface area contributed by atoms with Crippen LogP contribution in [0.3, 0.4) is 0 Å². The van der Waals surface area contributed by atoms with Crippen molar-refractivity contribution in [3.05, 3.63) is 131 Å². The van der Waals surface area contributed by atoms with Crippen LogP contribution in [0.1, 0.15) is 16.7 Å². The van der Waals surface area contributed by atoms with E-state index in [1.54, 1.807) is 43.3 Å². The van der Waals surface area contributed by atoms with Gasteiger partial charge in [-0.2, -0.15) is 0 Å². The molecule has 4 aromatic carbocycles. The molecule has 0 heterocycles. The minimum Gasteiger partial charge on any atom is -0.357 e. The van der Waals surface area contributed by atoms with Crippen LogP contribution < -0.4 is 9.62 Å². The fourth-order valence-electron chi connectivity index (χ4n) is 4.60. The Bertz CT molecular complexity index is 1580. The van der Waals surface area contributed by atoms with Gasteiger partial charge in [0.1, 0.15) is 12.6 Å². The standard InChI is InChI=1S/C32H32ClN3O4S/c1-24-28(33)19-12-20-29(24)36(41(39,40)27-17-10-5-11-18-27)23-31(37)35(22-26-15-8-4-9-16-26)30(32(38)34-2)21-25-13-6-3-7-14-25/h3-20,30H,21-23H2,1-2H3,(H,34,38)/t30-/m0/s1. The molecule has 0 aliphatic rings. The van der Waals surface area contributed by atoms with Crippen LogP contribution in [0.4, 0.5) is 5.69 Å². The number of hydrogen-bond acceptors (Lipinski definition) is 4. The van der Waals surface area contributed by atoms with Gasteiger partial charge in [-0.05, 0) is 47.9 Å². The van der Waals surface area contributed by atoms with Gasteiger partial charge in [-0.15, -0.1) is 0 Å². The van der Waals surface area contributed by atoms with Crippen molar-refractivity contribution >= 4 is 39.1 Å². The van der Waals surface area contributed by atoms with Crippen molar-refractivity contribution in [2.75, 3.05) is 17.9 Å². The van der Waals surface area contributed by atoms with E-state index in [2.05, 4.69) is 5.32 Å². The molecule has 9 heteroatoms. The molecular formula is C32H32ClN3O4S. The van der Waals surface area contributed by atoms with Crippen molar-refractivity contribution in [1.82, 2.24) is 10.2 Å². The molecule has 0 aliphatic heterocycles. The molecule has 0 unspecified atom stereocenters. The van der Waals surface area contributed by atoms with Crippen molar-refractivity contribution in [1.29, 1.82) is 0 Å². The number of nitrogens with zero attached hydrogens (tertiary/aromatic N) is 2. The van der Waals surface area contributed by atoms with Gasteiger partial charge in [0.15, 0.2) is 0 Å². The SMILES string of the molecule is CNC(=O)[C@H](Cc1ccccc1)N(Cc1ccccc1)C(=O)CN(c1cccc(Cl)c1C)S(=O)(=O)c1ccccc1. The van der Waals surface area contributed by atoms with Crippen molar-refractivity contribution in [3.8, 4) is 0 Å². The highest BCUT2D eigenvalue weighted by Crippen LogP contribution is 2.31. The smallest absolute Gasteiger partial charge is 0.264 e. The maximum atomic E-state index is 14.3. The minimum absolute atomic E-state index is 0.0360. The largest absolute Gasteiger partial charge is 0.357 e. The third-order valence-electron chi connectivity index (χ3n) is 6.83. The molecule has 7 nitrogen and oxygen atoms in total. The van der Waals surface area contributed by atoms with Gasteiger partial charge in [0.05, 0.1) is 10.6 Å². The van der Waals surface area contributed by atoms with Crippen LogP contribution in [-0.2, 0) is 32.6 Å². The second-order valence-electron chi connectivity index (χ2n) is 9.54. The summed E-state index contributed by atoms with van der Waals surface area (Å²) in [5.41, 5.74) is 2.47. The second-order valence-corrected chi connectivity index (χ2v) is 11.8. The summed E-state index contributed by atoms with van der Waals surface area (Å²) in [6.07, 6.45) is 0.251. The highest BCUT2D eigenvalue weighted by atomic mass is 35.5. The molecule has 0 bridgehead atoms. The predicted octanol–water partition coefficient (Wildman–Crippen LogP) is 5.23. The molecule has 4 rings (SSSR count). The molecule has 0 saturated heterocycles. The second kappa shape index (κ2) is 13.5. The lowest BCUT2D eigenvalue weighted by molar-refractivity contribution is -0.139. The van der Waals surface area contributed by atoms with Gasteiger partial charge >= 0.3 is 0 Å². The number of amides is 2. The Hall–Kier alpha value is -4.14. The molecule has 0 radical (unpaired) electrons. The number of benzene rings is 4. The number of anilines is 1. The Kier molecular flexibility index (Phi) is 9.81. The highest BCUT2D eigenvalue weighted by Gasteiger charge is 2.34. The lowest BCUT2D eigenvalue weighted by Crippen LogP contribution is -2.53. The Morgan fingerprint density at radius 1 is 0.805 bits per heavy atom. The molecule has 0 aliphatic carbocycles. The molecule has 212 valence electrons. The van der Waals surface area contributed by atoms with Crippen LogP contribution in [0.25, 0.3) is 0 Å². The fraction of sp³-hybridized carbons (Fsp3) is 0.188. The maximum Gasteiger partial charge on any atom is 0.264 e. The monoisotopic (exact) mass is 589 g/mol. The van der Waals surface area contributed by atoms with Gasteiger partial charge in [0.2, 0.25) is 11.8 Å². The van der Waals surface area contributed by atoms with E-state index in [1.165, 1.54) is 24.1 Å². The highest BCUT2D eigenvalue weighted by molar-refractivity contribution is 7.92. The van der Waals surface area contributed by atoms with Crippen molar-refractivity contribution in [2.45, 2.75) is 30.8 Å². The summed E-state index contributed by atoms with van der Waals surface area (Å²) in [6, 6.07) is 30.7. The quantitative estimate of drug-likeness (QED) is 0.260. The van der Waals surface area contributed by atoms with Crippen LogP contribution >= 0.6 is 11.6 Å². The van der Waals surface area contributed by atoms with E-state index in [0.29, 0.717) is 10.6 Å². The average molecular weight is 590 g/mol. The number of carbonyl (C=O) groups excluding carboxylic acids is 2. The van der Waals surface area contributed by atoms with E-state index in [4.69, 9.17) is 11.6 Å². The number of rotatable bonds is 11. The molecule has 41 heavy (non-hydrogen) atoms. The summed E-state index contributed by atoms with van der Waals surface area (Å²) >= 11 is 6.39. The van der Waals surface area contributed by atoms with E-state index >= 15 is 0 Å². The number of nitrogens with one attached hydrogen (secondary N) is 1. The lowest BCUT2D eigenvalue weighted by atomic mass is 10.0. The first kappa shape index (κ1) is 29.8. The Labute approximate surface area is 246 Å². The van der Waals surface area contributed by atoms with Gasteiger partial charge in [0, 0.05) is 25.0 Å². The molecular weight excluding hydrogens is 558 g/mol. The molecule has 1 atom stereocenters. The average Bonchev–Trinajstić information content (AvgIpc) is 3.00. The maximum absolute atomic E-state index is 14.3. The third-order valence-corrected chi connectivity index (χ3v) is 9.01. The number of likely N-dealkylation sites (N-methyl/N-ethyl adjacent to an activating group) is 1. The zero-order valence-corrected chi connectivity index (χ0v) is 24.5. The fourth-order valence-corrected chi connectivity index (χ4v) is 6.26. The summed E-state index contributed by atoms with van der Waals surface area (Å²) in [4.78, 5) is 29.0. The first-order chi connectivity index (χ1) is 19.7. The Morgan fingerprint density at radius 3 is 1.95 bits per heavy atom. The van der Waals surface area contributed by atoms with Gasteiger partial charge in [-0.25, -0.2) is 8.42 Å². The van der Waals surface area contributed by atoms with Crippen molar-refractivity contribution in [3.63, 3.8) is 0 Å². The summed E-state index contributed by atoms with van der Waals surface area (Å²) < 4.78 is 29.1. The Morgan fingerprint density at radius 2 is 1.37 bits per heavy atom. The van der Waals surface area contributed by atoms with Gasteiger partial charge < -0.3 is 10.2 Å². The number of hydrogen-bond donors (Lipinski definition) is 1. The van der Waals surface area contributed by atoms with E-state index < -0.39 is 28.5 Å². The minimum atomic E-state index is -4.18. The lowest BCUT2D eigenvalue weighted by Gasteiger charge is -2.34. The van der Waals surface area contributed by atoms with E-state index in [9.17, 15) is 18.0 Å². The zero-order chi connectivity index (χ0) is 29.4.